The molecular weight excluding hydrogens is 295 g/mol. The van der Waals surface area contributed by atoms with Gasteiger partial charge >= 0.3 is 0 Å². The van der Waals surface area contributed by atoms with E-state index in [9.17, 15) is 4.39 Å². The first-order valence-electron chi connectivity index (χ1n) is 6.98. The van der Waals surface area contributed by atoms with E-state index in [2.05, 4.69) is 15.1 Å². The topological polar surface area (TPSA) is 52.3 Å². The molecule has 0 amide bonds. The van der Waals surface area contributed by atoms with Gasteiger partial charge in [0.2, 0.25) is 5.88 Å². The highest BCUT2D eigenvalue weighted by atomic mass is 19.1. The van der Waals surface area contributed by atoms with Crippen LogP contribution in [0.25, 0.3) is 16.9 Å². The maximum Gasteiger partial charge on any atom is 0.237 e. The molecule has 0 unspecified atom stereocenters. The van der Waals surface area contributed by atoms with Crippen molar-refractivity contribution in [2.24, 2.45) is 0 Å². The number of benzene rings is 1. The van der Waals surface area contributed by atoms with Crippen LogP contribution < -0.4 is 4.74 Å². The largest absolute Gasteiger partial charge is 0.438 e. The zero-order chi connectivity index (χ0) is 15.6. The zero-order valence-corrected chi connectivity index (χ0v) is 11.9. The molecule has 0 saturated heterocycles. The highest BCUT2D eigenvalue weighted by Crippen LogP contribution is 2.23. The number of nitrogens with zero attached hydrogens (tertiary/aromatic N) is 4. The van der Waals surface area contributed by atoms with Gasteiger partial charge in [0.05, 0.1) is 11.9 Å². The predicted molar refractivity (Wildman–Crippen MR) is 82.7 cm³/mol. The van der Waals surface area contributed by atoms with Crippen molar-refractivity contribution in [3.63, 3.8) is 0 Å². The summed E-state index contributed by atoms with van der Waals surface area (Å²) >= 11 is 0. The Morgan fingerprint density at radius 1 is 0.957 bits per heavy atom. The number of pyridine rings is 1. The van der Waals surface area contributed by atoms with Crippen molar-refractivity contribution in [3.8, 4) is 22.9 Å². The van der Waals surface area contributed by atoms with Gasteiger partial charge in [0, 0.05) is 24.0 Å². The number of imidazole rings is 1. The summed E-state index contributed by atoms with van der Waals surface area (Å²) in [6, 6.07) is 13.1. The normalized spacial score (nSPS) is 10.8. The Labute approximate surface area is 131 Å². The summed E-state index contributed by atoms with van der Waals surface area (Å²) in [4.78, 5) is 8.43. The number of hydrogen-bond donors (Lipinski definition) is 0. The van der Waals surface area contributed by atoms with E-state index in [1.54, 1.807) is 41.3 Å². The summed E-state index contributed by atoms with van der Waals surface area (Å²) in [5, 5.41) is 4.44. The molecule has 5 nitrogen and oxygen atoms in total. The molecule has 6 heteroatoms. The van der Waals surface area contributed by atoms with E-state index in [-0.39, 0.29) is 5.82 Å². The van der Waals surface area contributed by atoms with Crippen LogP contribution in [0.15, 0.2) is 67.1 Å². The van der Waals surface area contributed by atoms with E-state index in [1.807, 2.05) is 18.2 Å². The summed E-state index contributed by atoms with van der Waals surface area (Å²) in [5.74, 6) is 0.600. The molecule has 0 aliphatic rings. The summed E-state index contributed by atoms with van der Waals surface area (Å²) in [6.45, 7) is 0. The van der Waals surface area contributed by atoms with Crippen molar-refractivity contribution >= 4 is 5.65 Å². The van der Waals surface area contributed by atoms with E-state index < -0.39 is 0 Å². The average molecular weight is 306 g/mol. The first-order valence-corrected chi connectivity index (χ1v) is 6.98. The van der Waals surface area contributed by atoms with Crippen LogP contribution in [0.1, 0.15) is 0 Å². The molecule has 3 heterocycles. The molecule has 0 spiro atoms. The average Bonchev–Trinajstić information content (AvgIpc) is 3.01. The molecule has 4 aromatic rings. The van der Waals surface area contributed by atoms with Gasteiger partial charge in [0.15, 0.2) is 5.65 Å². The lowest BCUT2D eigenvalue weighted by atomic mass is 10.2. The first kappa shape index (κ1) is 13.4. The monoisotopic (exact) mass is 306 g/mol. The van der Waals surface area contributed by atoms with Crippen LogP contribution in [-0.2, 0) is 0 Å². The van der Waals surface area contributed by atoms with Crippen molar-refractivity contribution < 1.29 is 9.13 Å². The third kappa shape index (κ3) is 2.62. The molecule has 4 rings (SSSR count). The van der Waals surface area contributed by atoms with Gasteiger partial charge in [0.1, 0.15) is 11.6 Å². The maximum atomic E-state index is 12.9. The van der Waals surface area contributed by atoms with Gasteiger partial charge in [-0.25, -0.2) is 13.9 Å². The number of rotatable bonds is 3. The van der Waals surface area contributed by atoms with Crippen LogP contribution in [0, 0.1) is 5.82 Å². The molecule has 1 aromatic carbocycles. The van der Waals surface area contributed by atoms with Gasteiger partial charge in [0.25, 0.3) is 0 Å². The number of ether oxygens (including phenoxy) is 1. The van der Waals surface area contributed by atoms with E-state index in [0.29, 0.717) is 17.3 Å². The molecule has 0 bridgehead atoms. The smallest absolute Gasteiger partial charge is 0.237 e. The van der Waals surface area contributed by atoms with E-state index in [1.165, 1.54) is 12.1 Å². The van der Waals surface area contributed by atoms with Crippen molar-refractivity contribution in [1.29, 1.82) is 0 Å². The number of hydrogen-bond acceptors (Lipinski definition) is 4. The Balaban J connectivity index is 1.73. The molecule has 0 atom stereocenters. The van der Waals surface area contributed by atoms with Crippen LogP contribution in [0.3, 0.4) is 0 Å². The lowest BCUT2D eigenvalue weighted by Crippen LogP contribution is -1.97. The van der Waals surface area contributed by atoms with E-state index in [4.69, 9.17) is 4.74 Å². The molecule has 112 valence electrons. The van der Waals surface area contributed by atoms with Crippen LogP contribution >= 0.6 is 0 Å². The third-order valence-electron chi connectivity index (χ3n) is 3.33. The van der Waals surface area contributed by atoms with Gasteiger partial charge in [-0.05, 0) is 42.5 Å². The van der Waals surface area contributed by atoms with Crippen molar-refractivity contribution in [2.45, 2.75) is 0 Å². The van der Waals surface area contributed by atoms with Crippen LogP contribution in [0.5, 0.6) is 11.6 Å². The summed E-state index contributed by atoms with van der Waals surface area (Å²) < 4.78 is 20.3. The first-order chi connectivity index (χ1) is 11.3. The Kier molecular flexibility index (Phi) is 3.20. The maximum absolute atomic E-state index is 12.9. The summed E-state index contributed by atoms with van der Waals surface area (Å²) in [5.41, 5.74) is 2.43. The molecule has 0 N–H and O–H groups in total. The highest BCUT2D eigenvalue weighted by molar-refractivity contribution is 5.61. The van der Waals surface area contributed by atoms with Crippen LogP contribution in [0.2, 0.25) is 0 Å². The predicted octanol–water partition coefficient (Wildman–Crippen LogP) is 3.72. The summed E-state index contributed by atoms with van der Waals surface area (Å²) in [6.07, 6.45) is 5.20. The molecule has 23 heavy (non-hydrogen) atoms. The fourth-order valence-corrected chi connectivity index (χ4v) is 2.25. The van der Waals surface area contributed by atoms with Crippen molar-refractivity contribution in [2.75, 3.05) is 0 Å². The Bertz CT molecular complexity index is 951. The van der Waals surface area contributed by atoms with Gasteiger partial charge in [-0.2, -0.15) is 0 Å². The molecule has 0 aliphatic heterocycles. The van der Waals surface area contributed by atoms with Gasteiger partial charge in [-0.1, -0.05) is 0 Å². The molecule has 0 aliphatic carbocycles. The molecule has 3 aromatic heterocycles. The van der Waals surface area contributed by atoms with Crippen LogP contribution in [-0.4, -0.2) is 19.6 Å². The standard InChI is InChI=1S/C17H11FN4O/c18-13-3-5-14(6-4-13)23-17-8-7-16-20-11-15(22(16)21-17)12-2-1-9-19-10-12/h1-11H. The number of fused-ring (bicyclic) bond motifs is 1. The Hall–Kier alpha value is -3.28. The Morgan fingerprint density at radius 3 is 2.61 bits per heavy atom. The van der Waals surface area contributed by atoms with Crippen molar-refractivity contribution in [3.05, 3.63) is 72.9 Å². The fourth-order valence-electron chi connectivity index (χ4n) is 2.25. The molecule has 0 radical (unpaired) electrons. The quantitative estimate of drug-likeness (QED) is 0.579. The molecular formula is C17H11FN4O. The molecule has 0 saturated carbocycles. The summed E-state index contributed by atoms with van der Waals surface area (Å²) in [7, 11) is 0. The van der Waals surface area contributed by atoms with Gasteiger partial charge < -0.3 is 4.74 Å². The second-order valence-electron chi connectivity index (χ2n) is 4.88. The second-order valence-corrected chi connectivity index (χ2v) is 4.88. The minimum atomic E-state index is -0.311. The SMILES string of the molecule is Fc1ccc(Oc2ccc3ncc(-c4cccnc4)n3n2)cc1. The number of aromatic nitrogens is 4. The zero-order valence-electron chi connectivity index (χ0n) is 11.9. The van der Waals surface area contributed by atoms with E-state index in [0.717, 1.165) is 11.3 Å². The van der Waals surface area contributed by atoms with Gasteiger partial charge in [-0.3, -0.25) is 4.98 Å². The van der Waals surface area contributed by atoms with Gasteiger partial charge in [-0.15, -0.1) is 5.10 Å². The lowest BCUT2D eigenvalue weighted by Gasteiger charge is -2.06. The van der Waals surface area contributed by atoms with Crippen molar-refractivity contribution in [1.82, 2.24) is 19.6 Å². The fraction of sp³-hybridized carbons (Fsp3) is 0. The minimum absolute atomic E-state index is 0.311. The number of halogens is 1. The Morgan fingerprint density at radius 2 is 1.83 bits per heavy atom. The van der Waals surface area contributed by atoms with Crippen LogP contribution in [0.4, 0.5) is 4.39 Å². The van der Waals surface area contributed by atoms with E-state index >= 15 is 0 Å². The minimum Gasteiger partial charge on any atom is -0.438 e. The highest BCUT2D eigenvalue weighted by Gasteiger charge is 2.09. The molecule has 0 fully saturated rings. The second kappa shape index (κ2) is 5.49. The lowest BCUT2D eigenvalue weighted by molar-refractivity contribution is 0.451. The third-order valence-corrected chi connectivity index (χ3v) is 3.33.